The Labute approximate surface area is 147 Å². The molecule has 1 saturated carbocycles. The van der Waals surface area contributed by atoms with Crippen molar-refractivity contribution in [1.82, 2.24) is 0 Å². The number of carbonyl (C=O) groups excluding carboxylic acids is 1. The normalized spacial score (nSPS) is 20.7. The average Bonchev–Trinajstić information content (AvgIpc) is 3.41. The monoisotopic (exact) mass is 329 g/mol. The van der Waals surface area contributed by atoms with Crippen LogP contribution in [0.1, 0.15) is 22.6 Å². The number of benzene rings is 3. The van der Waals surface area contributed by atoms with Crippen LogP contribution in [0.5, 0.6) is 0 Å². The Hall–Kier alpha value is -2.91. The third kappa shape index (κ3) is 2.36. The van der Waals surface area contributed by atoms with Gasteiger partial charge in [0.1, 0.15) is 0 Å². The van der Waals surface area contributed by atoms with E-state index in [0.29, 0.717) is 0 Å². The van der Waals surface area contributed by atoms with E-state index in [1.807, 2.05) is 54.6 Å². The molecule has 0 bridgehead atoms. The zero-order valence-corrected chi connectivity index (χ0v) is 13.7. The van der Waals surface area contributed by atoms with Crippen molar-refractivity contribution in [3.63, 3.8) is 0 Å². The van der Waals surface area contributed by atoms with Crippen molar-refractivity contribution >= 4 is 5.97 Å². The molecule has 3 heteroatoms. The lowest BCUT2D eigenvalue weighted by Gasteiger charge is -2.20. The van der Waals surface area contributed by atoms with Gasteiger partial charge in [-0.1, -0.05) is 91.0 Å². The van der Waals surface area contributed by atoms with E-state index < -0.39 is 5.41 Å². The number of carbonyl (C=O) groups is 1. The molecule has 1 aliphatic carbocycles. The Kier molecular flexibility index (Phi) is 3.86. The molecule has 0 saturated heterocycles. The quantitative estimate of drug-likeness (QED) is 0.741. The molecule has 1 fully saturated rings. The molecule has 1 aliphatic rings. The number of nitrogens with two attached hydrogens (primary N) is 1. The van der Waals surface area contributed by atoms with Crippen molar-refractivity contribution in [1.29, 1.82) is 0 Å². The Bertz CT molecular complexity index is 823. The SMILES string of the molecule is NOC(=O)[C@@H]1[C@H](c2ccccc2)C1(c1ccccc1)c1ccccc1. The molecule has 4 rings (SSSR count). The largest absolute Gasteiger partial charge is 0.373 e. The van der Waals surface area contributed by atoms with Crippen LogP contribution in [0.3, 0.4) is 0 Å². The minimum atomic E-state index is -0.458. The molecule has 0 unspecified atom stereocenters. The van der Waals surface area contributed by atoms with Crippen LogP contribution in [-0.4, -0.2) is 5.97 Å². The minimum absolute atomic E-state index is 0.00505. The van der Waals surface area contributed by atoms with Crippen LogP contribution in [-0.2, 0) is 15.0 Å². The van der Waals surface area contributed by atoms with E-state index in [4.69, 9.17) is 5.90 Å². The van der Waals surface area contributed by atoms with E-state index >= 15 is 0 Å². The predicted octanol–water partition coefficient (Wildman–Crippen LogP) is 3.80. The summed E-state index contributed by atoms with van der Waals surface area (Å²) in [5.74, 6) is 4.56. The highest BCUT2D eigenvalue weighted by Gasteiger charge is 2.70. The number of hydrogen-bond donors (Lipinski definition) is 1. The maximum absolute atomic E-state index is 12.6. The van der Waals surface area contributed by atoms with Gasteiger partial charge in [0.15, 0.2) is 0 Å². The molecule has 0 amide bonds. The standard InChI is InChI=1S/C22H19NO2/c23-25-21(24)20-19(16-10-4-1-5-11-16)22(20,17-12-6-2-7-13-17)18-14-8-3-9-15-18/h1-15,19-20H,23H2/t19-,20-/m0/s1. The highest BCUT2D eigenvalue weighted by atomic mass is 16.7. The van der Waals surface area contributed by atoms with Gasteiger partial charge >= 0.3 is 5.97 Å². The molecule has 0 spiro atoms. The first kappa shape index (κ1) is 15.6. The fourth-order valence-corrected chi connectivity index (χ4v) is 4.21. The van der Waals surface area contributed by atoms with Crippen molar-refractivity contribution in [3.05, 3.63) is 108 Å². The molecule has 3 aromatic rings. The lowest BCUT2D eigenvalue weighted by molar-refractivity contribution is -0.146. The van der Waals surface area contributed by atoms with E-state index in [9.17, 15) is 4.79 Å². The summed E-state index contributed by atoms with van der Waals surface area (Å²) >= 11 is 0. The molecule has 3 aromatic carbocycles. The van der Waals surface area contributed by atoms with Crippen LogP contribution in [0.15, 0.2) is 91.0 Å². The first-order valence-corrected chi connectivity index (χ1v) is 8.36. The Morgan fingerprint density at radius 1 is 0.760 bits per heavy atom. The Balaban J connectivity index is 1.95. The van der Waals surface area contributed by atoms with Crippen LogP contribution in [0.2, 0.25) is 0 Å². The minimum Gasteiger partial charge on any atom is -0.373 e. The second-order valence-electron chi connectivity index (χ2n) is 6.40. The van der Waals surface area contributed by atoms with Crippen molar-refractivity contribution in [2.24, 2.45) is 11.8 Å². The summed E-state index contributed by atoms with van der Waals surface area (Å²) in [4.78, 5) is 17.3. The van der Waals surface area contributed by atoms with Gasteiger partial charge in [-0.2, -0.15) is 5.90 Å². The molecule has 124 valence electrons. The molecule has 25 heavy (non-hydrogen) atoms. The van der Waals surface area contributed by atoms with E-state index in [0.717, 1.165) is 16.7 Å². The maximum Gasteiger partial charge on any atom is 0.329 e. The summed E-state index contributed by atoms with van der Waals surface area (Å²) in [5.41, 5.74) is 2.86. The first-order valence-electron chi connectivity index (χ1n) is 8.36. The second kappa shape index (κ2) is 6.19. The van der Waals surface area contributed by atoms with Gasteiger partial charge in [0.25, 0.3) is 0 Å². The van der Waals surface area contributed by atoms with Gasteiger partial charge in [-0.15, -0.1) is 0 Å². The Morgan fingerprint density at radius 3 is 1.64 bits per heavy atom. The van der Waals surface area contributed by atoms with Crippen molar-refractivity contribution in [2.75, 3.05) is 0 Å². The van der Waals surface area contributed by atoms with Gasteiger partial charge in [0.05, 0.1) is 5.92 Å². The van der Waals surface area contributed by atoms with Gasteiger partial charge in [0.2, 0.25) is 0 Å². The molecular weight excluding hydrogens is 310 g/mol. The summed E-state index contributed by atoms with van der Waals surface area (Å²) in [5, 5.41) is 0. The fourth-order valence-electron chi connectivity index (χ4n) is 4.21. The lowest BCUT2D eigenvalue weighted by Crippen LogP contribution is -2.20. The van der Waals surface area contributed by atoms with Crippen LogP contribution in [0, 0.1) is 5.92 Å². The summed E-state index contributed by atoms with van der Waals surface area (Å²) in [6.45, 7) is 0. The summed E-state index contributed by atoms with van der Waals surface area (Å²) < 4.78 is 0. The van der Waals surface area contributed by atoms with Gasteiger partial charge in [-0.05, 0) is 16.7 Å². The molecule has 0 aromatic heterocycles. The topological polar surface area (TPSA) is 52.3 Å². The van der Waals surface area contributed by atoms with E-state index in [-0.39, 0.29) is 17.8 Å². The molecular formula is C22H19NO2. The van der Waals surface area contributed by atoms with E-state index in [2.05, 4.69) is 41.2 Å². The molecule has 3 nitrogen and oxygen atoms in total. The molecule has 0 heterocycles. The third-order valence-electron chi connectivity index (χ3n) is 5.24. The van der Waals surface area contributed by atoms with Crippen LogP contribution in [0.25, 0.3) is 0 Å². The van der Waals surface area contributed by atoms with E-state index in [1.165, 1.54) is 0 Å². The van der Waals surface area contributed by atoms with Crippen molar-refractivity contribution in [2.45, 2.75) is 11.3 Å². The van der Waals surface area contributed by atoms with E-state index in [1.54, 1.807) is 0 Å². The maximum atomic E-state index is 12.6. The first-order chi connectivity index (χ1) is 12.3. The lowest BCUT2D eigenvalue weighted by atomic mass is 9.83. The van der Waals surface area contributed by atoms with Crippen molar-refractivity contribution < 1.29 is 9.63 Å². The van der Waals surface area contributed by atoms with Crippen LogP contribution in [0.4, 0.5) is 0 Å². The van der Waals surface area contributed by atoms with Crippen molar-refractivity contribution in [3.8, 4) is 0 Å². The summed E-state index contributed by atoms with van der Waals surface area (Å²) in [7, 11) is 0. The molecule has 0 radical (unpaired) electrons. The summed E-state index contributed by atoms with van der Waals surface area (Å²) in [6, 6.07) is 30.4. The summed E-state index contributed by atoms with van der Waals surface area (Å²) in [6.07, 6.45) is 0. The number of hydrogen-bond acceptors (Lipinski definition) is 3. The van der Waals surface area contributed by atoms with Gasteiger partial charge in [-0.25, -0.2) is 0 Å². The van der Waals surface area contributed by atoms with Gasteiger partial charge in [-0.3, -0.25) is 4.79 Å². The number of rotatable bonds is 4. The van der Waals surface area contributed by atoms with Crippen LogP contribution < -0.4 is 5.90 Å². The molecule has 2 N–H and O–H groups in total. The second-order valence-corrected chi connectivity index (χ2v) is 6.40. The molecule has 0 aliphatic heterocycles. The molecule has 2 atom stereocenters. The fraction of sp³-hybridized carbons (Fsp3) is 0.136. The Morgan fingerprint density at radius 2 is 1.20 bits per heavy atom. The third-order valence-corrected chi connectivity index (χ3v) is 5.24. The van der Waals surface area contributed by atoms with Gasteiger partial charge < -0.3 is 4.84 Å². The average molecular weight is 329 g/mol. The highest BCUT2D eigenvalue weighted by molar-refractivity contribution is 5.84. The predicted molar refractivity (Wildman–Crippen MR) is 96.6 cm³/mol. The van der Waals surface area contributed by atoms with Gasteiger partial charge in [0, 0.05) is 11.3 Å². The zero-order valence-electron chi connectivity index (χ0n) is 13.7. The highest BCUT2D eigenvalue weighted by Crippen LogP contribution is 2.69. The zero-order chi connectivity index (χ0) is 17.3. The smallest absolute Gasteiger partial charge is 0.329 e. The van der Waals surface area contributed by atoms with Crippen LogP contribution >= 0.6 is 0 Å².